The van der Waals surface area contributed by atoms with Crippen molar-refractivity contribution in [2.75, 3.05) is 19.6 Å². The van der Waals surface area contributed by atoms with Crippen LogP contribution in [0.1, 0.15) is 26.7 Å². The van der Waals surface area contributed by atoms with Crippen molar-refractivity contribution in [2.24, 2.45) is 0 Å². The molecule has 0 atom stereocenters. The largest absolute Gasteiger partial charge is 0.480 e. The number of carbonyl (C=O) groups is 1. The van der Waals surface area contributed by atoms with Crippen LogP contribution in [-0.2, 0) is 4.79 Å². The molecule has 0 bridgehead atoms. The van der Waals surface area contributed by atoms with Crippen molar-refractivity contribution in [3.05, 3.63) is 12.7 Å². The molecule has 0 unspecified atom stereocenters. The summed E-state index contributed by atoms with van der Waals surface area (Å²) >= 11 is 0. The normalized spacial score (nSPS) is 11.7. The second kappa shape index (κ2) is 6.58. The number of hydrogen-bond acceptors (Lipinski definition) is 3. The Bertz CT molecular complexity index is 212. The number of aliphatic carboxylic acids is 1. The summed E-state index contributed by atoms with van der Waals surface area (Å²) in [5.41, 5.74) is -0.793. The number of carboxylic acid groups (broad SMARTS) is 1. The topological polar surface area (TPSA) is 60.8 Å². The molecule has 4 nitrogen and oxygen atoms in total. The van der Waals surface area contributed by atoms with E-state index in [1.54, 1.807) is 11.0 Å². The zero-order valence-electron chi connectivity index (χ0n) is 9.57. The highest BCUT2D eigenvalue weighted by atomic mass is 16.4. The number of aliphatic hydroxyl groups is 1. The van der Waals surface area contributed by atoms with E-state index in [0.717, 1.165) is 0 Å². The third-order valence-electron chi connectivity index (χ3n) is 2.58. The summed E-state index contributed by atoms with van der Waals surface area (Å²) in [5, 5.41) is 18.8. The number of carboxylic acids is 1. The average molecular weight is 215 g/mol. The van der Waals surface area contributed by atoms with Crippen LogP contribution in [0.3, 0.4) is 0 Å². The molecule has 0 aliphatic rings. The van der Waals surface area contributed by atoms with Crippen LogP contribution in [0.15, 0.2) is 12.7 Å². The summed E-state index contributed by atoms with van der Waals surface area (Å²) in [6, 6.07) is 0. The predicted octanol–water partition coefficient (Wildman–Crippen LogP) is 1.11. The molecule has 88 valence electrons. The Morgan fingerprint density at radius 2 is 2.00 bits per heavy atom. The molecule has 0 aliphatic carbocycles. The van der Waals surface area contributed by atoms with Gasteiger partial charge in [-0.1, -0.05) is 19.9 Å². The molecule has 0 amide bonds. The summed E-state index contributed by atoms with van der Waals surface area (Å²) in [6.45, 7) is 8.16. The standard InChI is InChI=1S/C11H21NO3/c1-4-7-12(8-10(13)14)9-11(15,5-2)6-3/h4,15H,1,5-9H2,2-3H3,(H,13,14). The van der Waals surface area contributed by atoms with Gasteiger partial charge < -0.3 is 10.2 Å². The third-order valence-corrected chi connectivity index (χ3v) is 2.58. The van der Waals surface area contributed by atoms with Crippen LogP contribution in [0.5, 0.6) is 0 Å². The molecule has 0 aromatic heterocycles. The van der Waals surface area contributed by atoms with Crippen molar-refractivity contribution in [3.8, 4) is 0 Å². The van der Waals surface area contributed by atoms with Crippen molar-refractivity contribution in [1.82, 2.24) is 4.90 Å². The second-order valence-corrected chi connectivity index (χ2v) is 3.78. The van der Waals surface area contributed by atoms with Crippen molar-refractivity contribution >= 4 is 5.97 Å². The van der Waals surface area contributed by atoms with E-state index in [1.807, 2.05) is 13.8 Å². The molecule has 0 aromatic rings. The molecule has 0 spiro atoms. The lowest BCUT2D eigenvalue weighted by Crippen LogP contribution is -2.44. The van der Waals surface area contributed by atoms with Gasteiger partial charge in [0.1, 0.15) is 0 Å². The molecule has 0 rings (SSSR count). The zero-order chi connectivity index (χ0) is 11.9. The Labute approximate surface area is 91.2 Å². The SMILES string of the molecule is C=CCN(CC(=O)O)CC(O)(CC)CC. The van der Waals surface area contributed by atoms with Gasteiger partial charge in [-0.05, 0) is 12.8 Å². The van der Waals surface area contributed by atoms with Crippen LogP contribution in [0.2, 0.25) is 0 Å². The summed E-state index contributed by atoms with van der Waals surface area (Å²) < 4.78 is 0. The van der Waals surface area contributed by atoms with Gasteiger partial charge in [0.25, 0.3) is 0 Å². The van der Waals surface area contributed by atoms with E-state index in [-0.39, 0.29) is 6.54 Å². The van der Waals surface area contributed by atoms with Crippen LogP contribution in [0.25, 0.3) is 0 Å². The molecular weight excluding hydrogens is 194 g/mol. The van der Waals surface area contributed by atoms with Gasteiger partial charge in [0, 0.05) is 13.1 Å². The van der Waals surface area contributed by atoms with Crippen molar-refractivity contribution in [1.29, 1.82) is 0 Å². The molecule has 0 fully saturated rings. The van der Waals surface area contributed by atoms with Gasteiger partial charge in [-0.2, -0.15) is 0 Å². The Morgan fingerprint density at radius 3 is 2.33 bits per heavy atom. The second-order valence-electron chi connectivity index (χ2n) is 3.78. The first-order chi connectivity index (χ1) is 6.97. The maximum atomic E-state index is 10.6. The Balaban J connectivity index is 4.36. The van der Waals surface area contributed by atoms with Gasteiger partial charge in [-0.15, -0.1) is 6.58 Å². The molecule has 0 aromatic carbocycles. The molecule has 0 saturated heterocycles. The molecule has 2 N–H and O–H groups in total. The number of hydrogen-bond donors (Lipinski definition) is 2. The molecule has 0 radical (unpaired) electrons. The van der Waals surface area contributed by atoms with E-state index < -0.39 is 11.6 Å². The van der Waals surface area contributed by atoms with Gasteiger partial charge in [0.15, 0.2) is 0 Å². The van der Waals surface area contributed by atoms with Gasteiger partial charge in [-0.25, -0.2) is 0 Å². The highest BCUT2D eigenvalue weighted by Gasteiger charge is 2.25. The predicted molar refractivity (Wildman–Crippen MR) is 59.8 cm³/mol. The average Bonchev–Trinajstić information content (AvgIpc) is 2.17. The highest BCUT2D eigenvalue weighted by Crippen LogP contribution is 2.16. The third kappa shape index (κ3) is 5.54. The smallest absolute Gasteiger partial charge is 0.317 e. The molecular formula is C11H21NO3. The first kappa shape index (κ1) is 14.1. The van der Waals surface area contributed by atoms with Crippen molar-refractivity contribution in [3.63, 3.8) is 0 Å². The van der Waals surface area contributed by atoms with Gasteiger partial charge >= 0.3 is 5.97 Å². The molecule has 0 aliphatic heterocycles. The first-order valence-electron chi connectivity index (χ1n) is 5.24. The van der Waals surface area contributed by atoms with E-state index in [0.29, 0.717) is 25.9 Å². The minimum Gasteiger partial charge on any atom is -0.480 e. The zero-order valence-corrected chi connectivity index (χ0v) is 9.57. The Kier molecular flexibility index (Phi) is 6.20. The summed E-state index contributed by atoms with van der Waals surface area (Å²) in [7, 11) is 0. The molecule has 15 heavy (non-hydrogen) atoms. The lowest BCUT2D eigenvalue weighted by Gasteiger charge is -2.31. The monoisotopic (exact) mass is 215 g/mol. The minimum atomic E-state index is -0.883. The van der Waals surface area contributed by atoms with Gasteiger partial charge in [0.05, 0.1) is 12.1 Å². The van der Waals surface area contributed by atoms with Crippen LogP contribution in [0, 0.1) is 0 Å². The van der Waals surface area contributed by atoms with Crippen molar-refractivity contribution in [2.45, 2.75) is 32.3 Å². The van der Waals surface area contributed by atoms with E-state index >= 15 is 0 Å². The van der Waals surface area contributed by atoms with Crippen molar-refractivity contribution < 1.29 is 15.0 Å². The minimum absolute atomic E-state index is 0.0612. The lowest BCUT2D eigenvalue weighted by atomic mass is 9.97. The molecule has 4 heteroatoms. The summed E-state index contributed by atoms with van der Waals surface area (Å²) in [4.78, 5) is 12.3. The van der Waals surface area contributed by atoms with Gasteiger partial charge in [0.2, 0.25) is 0 Å². The maximum absolute atomic E-state index is 10.6. The Morgan fingerprint density at radius 1 is 1.47 bits per heavy atom. The first-order valence-corrected chi connectivity index (χ1v) is 5.24. The quantitative estimate of drug-likeness (QED) is 0.595. The fourth-order valence-corrected chi connectivity index (χ4v) is 1.45. The number of rotatable bonds is 8. The van der Waals surface area contributed by atoms with E-state index in [9.17, 15) is 9.90 Å². The van der Waals surface area contributed by atoms with E-state index in [1.165, 1.54) is 0 Å². The summed E-state index contributed by atoms with van der Waals surface area (Å²) in [5.74, 6) is -0.883. The van der Waals surface area contributed by atoms with Crippen LogP contribution in [-0.4, -0.2) is 46.3 Å². The van der Waals surface area contributed by atoms with Crippen LogP contribution < -0.4 is 0 Å². The number of nitrogens with zero attached hydrogens (tertiary/aromatic N) is 1. The van der Waals surface area contributed by atoms with E-state index in [2.05, 4.69) is 6.58 Å². The molecule has 0 heterocycles. The summed E-state index contributed by atoms with van der Waals surface area (Å²) in [6.07, 6.45) is 2.89. The fourth-order valence-electron chi connectivity index (χ4n) is 1.45. The maximum Gasteiger partial charge on any atom is 0.317 e. The highest BCUT2D eigenvalue weighted by molar-refractivity contribution is 5.69. The van der Waals surface area contributed by atoms with Crippen LogP contribution >= 0.6 is 0 Å². The van der Waals surface area contributed by atoms with Crippen LogP contribution in [0.4, 0.5) is 0 Å². The van der Waals surface area contributed by atoms with E-state index in [4.69, 9.17) is 5.11 Å². The lowest BCUT2D eigenvalue weighted by molar-refractivity contribution is -0.139. The Hall–Kier alpha value is -0.870. The fraction of sp³-hybridized carbons (Fsp3) is 0.727. The van der Waals surface area contributed by atoms with Gasteiger partial charge in [-0.3, -0.25) is 9.69 Å². The molecule has 0 saturated carbocycles.